The first-order valence-corrected chi connectivity index (χ1v) is 7.74. The smallest absolute Gasteiger partial charge is 0.404 e. The van der Waals surface area contributed by atoms with Gasteiger partial charge < -0.3 is 14.7 Å². The van der Waals surface area contributed by atoms with Crippen molar-refractivity contribution in [3.63, 3.8) is 0 Å². The number of rotatable bonds is 5. The van der Waals surface area contributed by atoms with Gasteiger partial charge in [-0.3, -0.25) is 9.59 Å². The molecule has 0 spiro atoms. The number of ketones is 1. The number of Topliss-reactive ketones (excluding diaryl/α,β-unsaturated/α-hetero) is 1. The number of carbonyl (C=O) groups is 1. The third kappa shape index (κ3) is 3.50. The van der Waals surface area contributed by atoms with Crippen molar-refractivity contribution in [2.75, 3.05) is 7.11 Å². The Bertz CT molecular complexity index is 1050. The van der Waals surface area contributed by atoms with E-state index in [1.165, 1.54) is 6.07 Å². The number of benzene rings is 2. The van der Waals surface area contributed by atoms with Crippen molar-refractivity contribution in [2.45, 2.75) is 0 Å². The molecule has 6 heteroatoms. The second-order valence-electron chi connectivity index (χ2n) is 5.39. The Hall–Kier alpha value is -3.76. The van der Waals surface area contributed by atoms with E-state index in [4.69, 9.17) is 9.15 Å². The molecule has 6 nitrogen and oxygen atoms in total. The van der Waals surface area contributed by atoms with Crippen molar-refractivity contribution in [3.05, 3.63) is 93.8 Å². The van der Waals surface area contributed by atoms with Crippen LogP contribution in [0.25, 0.3) is 16.9 Å². The van der Waals surface area contributed by atoms with Crippen molar-refractivity contribution in [1.82, 2.24) is 0 Å². The molecule has 0 bridgehead atoms. The van der Waals surface area contributed by atoms with Crippen molar-refractivity contribution in [2.24, 2.45) is 0 Å². The summed E-state index contributed by atoms with van der Waals surface area (Å²) in [6.07, 6.45) is 0. The van der Waals surface area contributed by atoms with Crippen LogP contribution in [-0.4, -0.2) is 23.4 Å². The fourth-order valence-corrected chi connectivity index (χ4v) is 2.42. The van der Waals surface area contributed by atoms with Crippen molar-refractivity contribution >= 4 is 11.5 Å². The summed E-state index contributed by atoms with van der Waals surface area (Å²) < 4.78 is 10.8. The lowest BCUT2D eigenvalue weighted by Crippen LogP contribution is -2.19. The lowest BCUT2D eigenvalue weighted by Gasteiger charge is -2.04. The van der Waals surface area contributed by atoms with Gasteiger partial charge in [0.25, 0.3) is 5.78 Å². The number of nitrogens with zero attached hydrogens (tertiary/aromatic N) is 2. The molecule has 0 aliphatic carbocycles. The summed E-state index contributed by atoms with van der Waals surface area (Å²) in [6, 6.07) is 17.6. The van der Waals surface area contributed by atoms with Gasteiger partial charge >= 0.3 is 5.71 Å². The minimum absolute atomic E-state index is 0.111. The average molecular weight is 346 g/mol. The maximum atomic E-state index is 12.5. The Labute approximate surface area is 148 Å². The van der Waals surface area contributed by atoms with Gasteiger partial charge in [0.1, 0.15) is 11.5 Å². The number of hydrogen-bond acceptors (Lipinski definition) is 4. The molecule has 0 amide bonds. The van der Waals surface area contributed by atoms with Gasteiger partial charge in [0, 0.05) is 23.3 Å². The van der Waals surface area contributed by atoms with E-state index in [9.17, 15) is 15.1 Å². The molecule has 0 unspecified atom stereocenters. The molecule has 0 atom stereocenters. The summed E-state index contributed by atoms with van der Waals surface area (Å²) >= 11 is 0. The molecule has 128 valence electrons. The summed E-state index contributed by atoms with van der Waals surface area (Å²) in [5.41, 5.74) is 9.54. The molecule has 3 rings (SSSR count). The zero-order valence-electron chi connectivity index (χ0n) is 13.9. The van der Waals surface area contributed by atoms with E-state index >= 15 is 0 Å². The van der Waals surface area contributed by atoms with E-state index in [1.807, 2.05) is 0 Å². The molecule has 0 aliphatic heterocycles. The van der Waals surface area contributed by atoms with Gasteiger partial charge in [0.15, 0.2) is 5.43 Å². The Morgan fingerprint density at radius 2 is 1.73 bits per heavy atom. The van der Waals surface area contributed by atoms with E-state index in [-0.39, 0.29) is 22.7 Å². The second-order valence-corrected chi connectivity index (χ2v) is 5.39. The molecule has 0 N–H and O–H groups in total. The summed E-state index contributed by atoms with van der Waals surface area (Å²) in [5.74, 6) is 0.240. The molecule has 0 saturated carbocycles. The van der Waals surface area contributed by atoms with Crippen LogP contribution in [0, 0.1) is 0 Å². The zero-order chi connectivity index (χ0) is 18.5. The fraction of sp³-hybridized carbons (Fsp3) is 0.0500. The van der Waals surface area contributed by atoms with Crippen molar-refractivity contribution in [1.29, 1.82) is 0 Å². The molecule has 1 heterocycles. The molecule has 26 heavy (non-hydrogen) atoms. The molecule has 1 aromatic heterocycles. The van der Waals surface area contributed by atoms with Crippen LogP contribution in [0.3, 0.4) is 0 Å². The van der Waals surface area contributed by atoms with E-state index in [1.54, 1.807) is 61.7 Å². The topological polar surface area (TPSA) is 92.9 Å². The first-order valence-electron chi connectivity index (χ1n) is 7.74. The monoisotopic (exact) mass is 346 g/mol. The summed E-state index contributed by atoms with van der Waals surface area (Å²) in [4.78, 5) is 27.7. The zero-order valence-corrected chi connectivity index (χ0v) is 13.9. The standard InChI is InChI=1S/C20H14N2O4/c1-25-16-9-7-13(8-10-16)17-11-15(23)12-18(26-17)19(22-21)20(24)14-5-3-2-4-6-14/h2-12H,1H3. The summed E-state index contributed by atoms with van der Waals surface area (Å²) in [6.45, 7) is 0. The van der Waals surface area contributed by atoms with Gasteiger partial charge in [-0.05, 0) is 24.3 Å². The SMILES string of the molecule is COc1ccc(-c2cc(=O)cc(C(=[N+]=[N-])C(=O)c3ccccc3)o2)cc1. The van der Waals surface area contributed by atoms with Gasteiger partial charge in [-0.2, -0.15) is 4.79 Å². The molecule has 0 aliphatic rings. The predicted octanol–water partition coefficient (Wildman–Crippen LogP) is 3.22. The maximum Gasteiger partial charge on any atom is 0.404 e. The van der Waals surface area contributed by atoms with Crippen LogP contribution < -0.4 is 10.2 Å². The van der Waals surface area contributed by atoms with E-state index in [2.05, 4.69) is 4.79 Å². The lowest BCUT2D eigenvalue weighted by atomic mass is 10.0. The highest BCUT2D eigenvalue weighted by Crippen LogP contribution is 2.22. The normalized spacial score (nSPS) is 10.0. The highest BCUT2D eigenvalue weighted by atomic mass is 16.5. The second kappa shape index (κ2) is 7.42. The van der Waals surface area contributed by atoms with Crippen molar-refractivity contribution in [3.8, 4) is 17.1 Å². The fourth-order valence-electron chi connectivity index (χ4n) is 2.42. The van der Waals surface area contributed by atoms with E-state index < -0.39 is 5.78 Å². The summed E-state index contributed by atoms with van der Waals surface area (Å²) in [7, 11) is 1.55. The Kier molecular flexibility index (Phi) is 4.87. The van der Waals surface area contributed by atoms with Crippen LogP contribution in [-0.2, 0) is 0 Å². The van der Waals surface area contributed by atoms with Crippen LogP contribution >= 0.6 is 0 Å². The molecular weight excluding hydrogens is 332 g/mol. The van der Waals surface area contributed by atoms with Gasteiger partial charge in [0.2, 0.25) is 5.76 Å². The highest BCUT2D eigenvalue weighted by Gasteiger charge is 2.27. The van der Waals surface area contributed by atoms with Crippen LogP contribution in [0.5, 0.6) is 5.75 Å². The number of methoxy groups -OCH3 is 1. The first-order chi connectivity index (χ1) is 12.6. The highest BCUT2D eigenvalue weighted by molar-refractivity contribution is 6.48. The maximum absolute atomic E-state index is 12.5. The molecule has 2 aromatic carbocycles. The van der Waals surface area contributed by atoms with Gasteiger partial charge in [-0.1, -0.05) is 30.3 Å². The first kappa shape index (κ1) is 17.1. The van der Waals surface area contributed by atoms with Crippen LogP contribution in [0.15, 0.2) is 75.9 Å². The molecule has 0 fully saturated rings. The summed E-state index contributed by atoms with van der Waals surface area (Å²) in [5, 5.41) is 0. The third-order valence-corrected chi connectivity index (χ3v) is 3.73. The third-order valence-electron chi connectivity index (χ3n) is 3.73. The number of carbonyl (C=O) groups excluding carboxylic acids is 1. The van der Waals surface area contributed by atoms with E-state index in [0.29, 0.717) is 16.9 Å². The minimum atomic E-state index is -0.553. The van der Waals surface area contributed by atoms with Crippen LogP contribution in [0.2, 0.25) is 0 Å². The molecule has 0 radical (unpaired) electrons. The van der Waals surface area contributed by atoms with Crippen LogP contribution in [0.1, 0.15) is 16.1 Å². The van der Waals surface area contributed by atoms with E-state index in [0.717, 1.165) is 6.07 Å². The molecular formula is C20H14N2O4. The Balaban J connectivity index is 2.04. The van der Waals surface area contributed by atoms with Gasteiger partial charge in [-0.25, -0.2) is 0 Å². The van der Waals surface area contributed by atoms with Crippen molar-refractivity contribution < 1.29 is 18.7 Å². The Morgan fingerprint density at radius 3 is 2.35 bits per heavy atom. The van der Waals surface area contributed by atoms with Gasteiger partial charge in [0.05, 0.1) is 7.11 Å². The van der Waals surface area contributed by atoms with Crippen LogP contribution in [0.4, 0.5) is 0 Å². The number of ether oxygens (including phenoxy) is 1. The van der Waals surface area contributed by atoms with Gasteiger partial charge in [-0.15, -0.1) is 0 Å². The molecule has 3 aromatic rings. The number of hydrogen-bond donors (Lipinski definition) is 0. The Morgan fingerprint density at radius 1 is 1.04 bits per heavy atom. The quantitative estimate of drug-likeness (QED) is 0.307. The average Bonchev–Trinajstić information content (AvgIpc) is 2.69. The molecule has 0 saturated heterocycles. The lowest BCUT2D eigenvalue weighted by molar-refractivity contribution is -0.00669. The minimum Gasteiger partial charge on any atom is -0.497 e. The largest absolute Gasteiger partial charge is 0.497 e. The predicted molar refractivity (Wildman–Crippen MR) is 95.5 cm³/mol.